The SMILES string of the molecule is CCCCOC(=O)c1ccc(OCCCC)c(C(C)=O)c1. The fourth-order valence-corrected chi connectivity index (χ4v) is 1.78. The smallest absolute Gasteiger partial charge is 0.338 e. The van der Waals surface area contributed by atoms with E-state index in [1.807, 2.05) is 6.92 Å². The zero-order chi connectivity index (χ0) is 15.7. The van der Waals surface area contributed by atoms with E-state index in [0.717, 1.165) is 25.7 Å². The summed E-state index contributed by atoms with van der Waals surface area (Å²) in [7, 11) is 0. The van der Waals surface area contributed by atoms with Crippen LogP contribution in [0.5, 0.6) is 5.75 Å². The van der Waals surface area contributed by atoms with Gasteiger partial charge in [-0.25, -0.2) is 4.79 Å². The van der Waals surface area contributed by atoms with E-state index in [0.29, 0.717) is 30.1 Å². The van der Waals surface area contributed by atoms with E-state index in [2.05, 4.69) is 6.92 Å². The first-order valence-electron chi connectivity index (χ1n) is 7.55. The van der Waals surface area contributed by atoms with Crippen molar-refractivity contribution in [3.8, 4) is 5.75 Å². The van der Waals surface area contributed by atoms with E-state index in [1.165, 1.54) is 6.92 Å². The van der Waals surface area contributed by atoms with Crippen LogP contribution in [0.15, 0.2) is 18.2 Å². The van der Waals surface area contributed by atoms with Crippen molar-refractivity contribution >= 4 is 11.8 Å². The maximum Gasteiger partial charge on any atom is 0.338 e. The van der Waals surface area contributed by atoms with Gasteiger partial charge in [0.2, 0.25) is 0 Å². The fourth-order valence-electron chi connectivity index (χ4n) is 1.78. The Morgan fingerprint density at radius 2 is 1.71 bits per heavy atom. The van der Waals surface area contributed by atoms with Crippen LogP contribution in [-0.4, -0.2) is 25.0 Å². The maximum absolute atomic E-state index is 11.9. The fraction of sp³-hybridized carbons (Fsp3) is 0.529. The molecule has 0 unspecified atom stereocenters. The average molecular weight is 292 g/mol. The Morgan fingerprint density at radius 3 is 2.33 bits per heavy atom. The molecule has 0 aliphatic rings. The number of esters is 1. The number of carbonyl (C=O) groups is 2. The summed E-state index contributed by atoms with van der Waals surface area (Å²) >= 11 is 0. The Morgan fingerprint density at radius 1 is 1.05 bits per heavy atom. The van der Waals surface area contributed by atoms with Gasteiger partial charge < -0.3 is 9.47 Å². The van der Waals surface area contributed by atoms with E-state index in [1.54, 1.807) is 18.2 Å². The van der Waals surface area contributed by atoms with Gasteiger partial charge in [-0.1, -0.05) is 26.7 Å². The summed E-state index contributed by atoms with van der Waals surface area (Å²) in [5, 5.41) is 0. The highest BCUT2D eigenvalue weighted by Crippen LogP contribution is 2.22. The molecule has 4 heteroatoms. The van der Waals surface area contributed by atoms with Crippen molar-refractivity contribution < 1.29 is 19.1 Å². The monoisotopic (exact) mass is 292 g/mol. The summed E-state index contributed by atoms with van der Waals surface area (Å²) in [6, 6.07) is 4.86. The van der Waals surface area contributed by atoms with Gasteiger partial charge in [-0.15, -0.1) is 0 Å². The average Bonchev–Trinajstić information content (AvgIpc) is 2.47. The van der Waals surface area contributed by atoms with E-state index in [9.17, 15) is 9.59 Å². The lowest BCUT2D eigenvalue weighted by molar-refractivity contribution is 0.0499. The number of hydrogen-bond acceptors (Lipinski definition) is 4. The second-order valence-corrected chi connectivity index (χ2v) is 4.96. The van der Waals surface area contributed by atoms with Gasteiger partial charge in [-0.05, 0) is 38.0 Å². The Hall–Kier alpha value is -1.84. The standard InChI is InChI=1S/C17H24O4/c1-4-6-10-20-16-9-8-14(12-15(16)13(3)18)17(19)21-11-7-5-2/h8-9,12H,4-7,10-11H2,1-3H3. The van der Waals surface area contributed by atoms with Gasteiger partial charge in [0.05, 0.1) is 24.3 Å². The summed E-state index contributed by atoms with van der Waals surface area (Å²) < 4.78 is 10.7. The zero-order valence-electron chi connectivity index (χ0n) is 13.1. The first kappa shape index (κ1) is 17.2. The molecule has 0 aliphatic heterocycles. The molecule has 0 fully saturated rings. The number of carbonyl (C=O) groups excluding carboxylic acids is 2. The van der Waals surface area contributed by atoms with Crippen molar-refractivity contribution in [1.29, 1.82) is 0 Å². The van der Waals surface area contributed by atoms with Gasteiger partial charge in [-0.2, -0.15) is 0 Å². The van der Waals surface area contributed by atoms with Crippen molar-refractivity contribution in [3.05, 3.63) is 29.3 Å². The number of hydrogen-bond donors (Lipinski definition) is 0. The zero-order valence-corrected chi connectivity index (χ0v) is 13.1. The molecule has 1 aromatic rings. The molecule has 0 saturated heterocycles. The number of benzene rings is 1. The lowest BCUT2D eigenvalue weighted by Crippen LogP contribution is -2.09. The van der Waals surface area contributed by atoms with Crippen molar-refractivity contribution in [3.63, 3.8) is 0 Å². The molecular formula is C17H24O4. The highest BCUT2D eigenvalue weighted by Gasteiger charge is 2.14. The lowest BCUT2D eigenvalue weighted by atomic mass is 10.1. The molecule has 0 amide bonds. The molecule has 0 bridgehead atoms. The third kappa shape index (κ3) is 5.58. The number of rotatable bonds is 9. The Balaban J connectivity index is 2.82. The molecular weight excluding hydrogens is 268 g/mol. The summed E-state index contributed by atoms with van der Waals surface area (Å²) in [4.78, 5) is 23.6. The van der Waals surface area contributed by atoms with Crippen LogP contribution in [0, 0.1) is 0 Å². The number of ketones is 1. The van der Waals surface area contributed by atoms with Crippen LogP contribution in [0.3, 0.4) is 0 Å². The molecule has 0 spiro atoms. The predicted molar refractivity (Wildman–Crippen MR) is 82.0 cm³/mol. The molecule has 0 aliphatic carbocycles. The minimum atomic E-state index is -0.397. The summed E-state index contributed by atoms with van der Waals surface area (Å²) in [6.45, 7) is 6.54. The van der Waals surface area contributed by atoms with Gasteiger partial charge in [0.15, 0.2) is 5.78 Å². The molecule has 21 heavy (non-hydrogen) atoms. The molecule has 4 nitrogen and oxygen atoms in total. The summed E-state index contributed by atoms with van der Waals surface area (Å²) in [5.41, 5.74) is 0.815. The van der Waals surface area contributed by atoms with Crippen molar-refractivity contribution in [2.75, 3.05) is 13.2 Å². The third-order valence-electron chi connectivity index (χ3n) is 3.08. The van der Waals surface area contributed by atoms with Crippen LogP contribution < -0.4 is 4.74 Å². The van der Waals surface area contributed by atoms with Crippen LogP contribution in [0.25, 0.3) is 0 Å². The Kier molecular flexibility index (Phi) is 7.51. The third-order valence-corrected chi connectivity index (χ3v) is 3.08. The van der Waals surface area contributed by atoms with Crippen LogP contribution in [0.2, 0.25) is 0 Å². The lowest BCUT2D eigenvalue weighted by Gasteiger charge is -2.11. The molecule has 116 valence electrons. The highest BCUT2D eigenvalue weighted by molar-refractivity contribution is 6.00. The maximum atomic E-state index is 11.9. The Bertz CT molecular complexity index is 480. The van der Waals surface area contributed by atoms with Crippen LogP contribution in [0.1, 0.15) is 67.2 Å². The second kappa shape index (κ2) is 9.16. The molecule has 0 aromatic heterocycles. The molecule has 0 heterocycles. The van der Waals surface area contributed by atoms with Gasteiger partial charge in [0.25, 0.3) is 0 Å². The van der Waals surface area contributed by atoms with E-state index < -0.39 is 5.97 Å². The van der Waals surface area contributed by atoms with Crippen LogP contribution in [-0.2, 0) is 4.74 Å². The Labute approximate surface area is 126 Å². The molecule has 1 aromatic carbocycles. The number of ether oxygens (including phenoxy) is 2. The van der Waals surface area contributed by atoms with E-state index in [4.69, 9.17) is 9.47 Å². The highest BCUT2D eigenvalue weighted by atomic mass is 16.5. The van der Waals surface area contributed by atoms with Gasteiger partial charge >= 0.3 is 5.97 Å². The first-order chi connectivity index (χ1) is 10.1. The van der Waals surface area contributed by atoms with Crippen molar-refractivity contribution in [2.45, 2.75) is 46.5 Å². The summed E-state index contributed by atoms with van der Waals surface area (Å²) in [5.74, 6) is 0.0109. The second-order valence-electron chi connectivity index (χ2n) is 4.96. The molecule has 0 atom stereocenters. The van der Waals surface area contributed by atoms with Crippen molar-refractivity contribution in [2.24, 2.45) is 0 Å². The normalized spacial score (nSPS) is 10.2. The number of unbranched alkanes of at least 4 members (excludes halogenated alkanes) is 2. The van der Waals surface area contributed by atoms with E-state index in [-0.39, 0.29) is 5.78 Å². The largest absolute Gasteiger partial charge is 0.493 e. The van der Waals surface area contributed by atoms with Gasteiger partial charge in [0.1, 0.15) is 5.75 Å². The van der Waals surface area contributed by atoms with Gasteiger partial charge in [-0.3, -0.25) is 4.79 Å². The first-order valence-corrected chi connectivity index (χ1v) is 7.55. The minimum Gasteiger partial charge on any atom is -0.493 e. The molecule has 0 saturated carbocycles. The van der Waals surface area contributed by atoms with Crippen LogP contribution >= 0.6 is 0 Å². The predicted octanol–water partition coefficient (Wildman–Crippen LogP) is 4.03. The van der Waals surface area contributed by atoms with Gasteiger partial charge in [0, 0.05) is 0 Å². The molecule has 0 radical (unpaired) electrons. The van der Waals surface area contributed by atoms with Crippen molar-refractivity contribution in [1.82, 2.24) is 0 Å². The molecule has 0 N–H and O–H groups in total. The van der Waals surface area contributed by atoms with Crippen LogP contribution in [0.4, 0.5) is 0 Å². The van der Waals surface area contributed by atoms with E-state index >= 15 is 0 Å². The quantitative estimate of drug-likeness (QED) is 0.392. The topological polar surface area (TPSA) is 52.6 Å². The number of Topliss-reactive ketones (excluding diaryl/α,β-unsaturated/α-hetero) is 1. The molecule has 1 rings (SSSR count). The summed E-state index contributed by atoms with van der Waals surface area (Å²) in [6.07, 6.45) is 3.76. The minimum absolute atomic E-state index is 0.121.